The second-order valence-electron chi connectivity index (χ2n) is 0.470. The highest BCUT2D eigenvalue weighted by molar-refractivity contribution is 5.64. The smallest absolute Gasteiger partial charge is 0.262 e. The van der Waals surface area contributed by atoms with Crippen molar-refractivity contribution in [2.45, 2.75) is 6.92 Å². The summed E-state index contributed by atoms with van der Waals surface area (Å²) in [6.45, 7) is 0.861. The molecule has 0 aliphatic carbocycles. The number of carbonyl (C=O) groups is 1. The van der Waals surface area contributed by atoms with Gasteiger partial charge in [0.2, 0.25) is 0 Å². The molecule has 0 bridgehead atoms. The van der Waals surface area contributed by atoms with E-state index in [0.29, 0.717) is 0 Å². The summed E-state index contributed by atoms with van der Waals surface area (Å²) in [6, 6.07) is -1.33. The van der Waals surface area contributed by atoms with Gasteiger partial charge >= 0.3 is 0 Å². The lowest BCUT2D eigenvalue weighted by Crippen LogP contribution is -1.65. The molecular formula is C2H3FO. The van der Waals surface area contributed by atoms with Gasteiger partial charge in [0.15, 0.2) is 0 Å². The van der Waals surface area contributed by atoms with Crippen LogP contribution >= 0.6 is 0 Å². The molecule has 0 fully saturated rings. The van der Waals surface area contributed by atoms with Gasteiger partial charge in [0.1, 0.15) is 0 Å². The van der Waals surface area contributed by atoms with Crippen LogP contribution < -0.4 is 0 Å². The number of hydrogen-bond acceptors (Lipinski definition) is 1. The summed E-state index contributed by atoms with van der Waals surface area (Å²) in [7, 11) is 0. The van der Waals surface area contributed by atoms with E-state index in [4.69, 9.17) is 4.79 Å². The molecule has 4 heavy (non-hydrogen) atoms. The molecule has 0 aliphatic rings. The average molecular weight is 61.0 g/mol. The maximum atomic E-state index is 10.4. The zero-order valence-corrected chi connectivity index (χ0v) is 2.29. The third-order valence-corrected chi connectivity index (χ3v) is 0. The van der Waals surface area contributed by atoms with Crippen molar-refractivity contribution in [3.05, 3.63) is 0 Å². The molecule has 0 atom stereocenters. The van der Waals surface area contributed by atoms with Crippen LogP contribution in [0.5, 0.6) is 0 Å². The topological polar surface area (TPSA) is 17.1 Å². The lowest BCUT2D eigenvalue weighted by molar-refractivity contribution is -0.126. The molecular weight excluding hydrogens is 58.0 g/mol. The summed E-state index contributed by atoms with van der Waals surface area (Å²) in [5, 5.41) is 0. The Morgan fingerprint density at radius 2 is 2.00 bits per heavy atom. The number of rotatable bonds is 0. The summed E-state index contributed by atoms with van der Waals surface area (Å²) in [5.74, 6) is 0. The monoisotopic (exact) mass is 61.0 g/mol. The molecule has 0 saturated carbocycles. The van der Waals surface area contributed by atoms with Crippen LogP contribution in [-0.4, -0.2) is 6.04 Å². The first-order valence-electron chi connectivity index (χ1n) is 0.893. The highest BCUT2D eigenvalue weighted by Gasteiger charge is 1.69. The van der Waals surface area contributed by atoms with Gasteiger partial charge < -0.3 is 0 Å². The lowest BCUT2D eigenvalue weighted by atomic mass is 10.9. The molecule has 0 aromatic carbocycles. The van der Waals surface area contributed by atoms with Gasteiger partial charge in [-0.1, -0.05) is 0 Å². The Morgan fingerprint density at radius 3 is 2.00 bits per heavy atom. The first kappa shape index (κ1) is 3.60. The van der Waals surface area contributed by atoms with Gasteiger partial charge in [-0.2, -0.15) is 4.39 Å². The van der Waals surface area contributed by atoms with Crippen LogP contribution in [0.3, 0.4) is 0 Å². The normalized spacial score (nSPS) is 6.50. The van der Waals surface area contributed by atoms with Crippen LogP contribution in [0.25, 0.3) is 0 Å². The van der Waals surface area contributed by atoms with Gasteiger partial charge in [0.05, 0.1) is 0 Å². The Balaban J connectivity index is 2.80. The molecule has 0 unspecified atom stereocenters. The fourth-order valence-electron chi connectivity index (χ4n) is 0. The molecule has 0 radical (unpaired) electrons. The van der Waals surface area contributed by atoms with Crippen LogP contribution in [-0.2, 0) is 4.79 Å². The molecule has 0 aromatic rings. The largest absolute Gasteiger partial charge is 0.298 e. The maximum absolute atomic E-state index is 10.4. The standard InChI is InChI=1S/C2H3FO/c1-2(3)4/h1H3/i3-1. The first-order valence-corrected chi connectivity index (χ1v) is 0.893. The Kier molecular flexibility index (Phi) is 0.886. The van der Waals surface area contributed by atoms with Gasteiger partial charge in [0.25, 0.3) is 6.04 Å². The third-order valence-electron chi connectivity index (χ3n) is 0. The summed E-state index contributed by atoms with van der Waals surface area (Å²) < 4.78 is 10.4. The van der Waals surface area contributed by atoms with Crippen molar-refractivity contribution in [3.8, 4) is 0 Å². The van der Waals surface area contributed by atoms with E-state index in [1.807, 2.05) is 0 Å². The second kappa shape index (κ2) is 0.985. The van der Waals surface area contributed by atoms with E-state index in [2.05, 4.69) is 0 Å². The predicted octanol–water partition coefficient (Wildman–Crippen LogP) is 0.502. The highest BCUT2D eigenvalue weighted by atomic mass is 18.2. The molecule has 0 aliphatic heterocycles. The fraction of sp³-hybridized carbons (Fsp3) is 0.500. The molecule has 0 amide bonds. The van der Waals surface area contributed by atoms with Crippen molar-refractivity contribution in [2.75, 3.05) is 0 Å². The molecule has 24 valence electrons. The van der Waals surface area contributed by atoms with Gasteiger partial charge in [-0.3, -0.25) is 4.79 Å². The number of carbonyl (C=O) groups excluding carboxylic acids is 1. The number of halogens is 1. The Morgan fingerprint density at radius 1 is 2.00 bits per heavy atom. The highest BCUT2D eigenvalue weighted by Crippen LogP contribution is 1.58. The first-order chi connectivity index (χ1) is 1.73. The van der Waals surface area contributed by atoms with Crippen LogP contribution in [0, 0.1) is 0 Å². The molecule has 0 saturated heterocycles. The van der Waals surface area contributed by atoms with E-state index >= 15 is 0 Å². The zero-order valence-electron chi connectivity index (χ0n) is 2.29. The van der Waals surface area contributed by atoms with Crippen LogP contribution in [0.15, 0.2) is 0 Å². The second-order valence-corrected chi connectivity index (χ2v) is 0.470. The summed E-state index contributed by atoms with van der Waals surface area (Å²) >= 11 is 0. The van der Waals surface area contributed by atoms with Crippen LogP contribution in [0.2, 0.25) is 0 Å². The zero-order chi connectivity index (χ0) is 3.58. The van der Waals surface area contributed by atoms with Crippen molar-refractivity contribution in [2.24, 2.45) is 0 Å². The van der Waals surface area contributed by atoms with Gasteiger partial charge in [-0.25, -0.2) is 0 Å². The number of hydrogen-bond donors (Lipinski definition) is 0. The minimum absolute atomic E-state index is 0.861. The van der Waals surface area contributed by atoms with Crippen molar-refractivity contribution in [1.29, 1.82) is 0 Å². The van der Waals surface area contributed by atoms with Crippen molar-refractivity contribution in [3.63, 3.8) is 0 Å². The Hall–Kier alpha value is -0.400. The molecule has 2 heteroatoms. The van der Waals surface area contributed by atoms with E-state index in [0.717, 1.165) is 6.92 Å². The van der Waals surface area contributed by atoms with Crippen molar-refractivity contribution < 1.29 is 9.18 Å². The predicted molar refractivity (Wildman–Crippen MR) is 11.8 cm³/mol. The van der Waals surface area contributed by atoms with Crippen molar-refractivity contribution in [1.82, 2.24) is 0 Å². The van der Waals surface area contributed by atoms with E-state index in [1.165, 1.54) is 0 Å². The Bertz CT molecular complexity index is 29.0. The maximum Gasteiger partial charge on any atom is 0.298 e. The third kappa shape index (κ3) is 3.60. The van der Waals surface area contributed by atoms with E-state index in [1.54, 1.807) is 0 Å². The molecule has 0 spiro atoms. The molecule has 0 aromatic heterocycles. The summed E-state index contributed by atoms with van der Waals surface area (Å²) in [4.78, 5) is 8.78. The van der Waals surface area contributed by atoms with E-state index in [9.17, 15) is 4.39 Å². The van der Waals surface area contributed by atoms with Gasteiger partial charge in [0, 0.05) is 6.92 Å². The lowest BCUT2D eigenvalue weighted by Gasteiger charge is -1.50. The molecule has 0 heterocycles. The van der Waals surface area contributed by atoms with E-state index in [-0.39, 0.29) is 0 Å². The van der Waals surface area contributed by atoms with Gasteiger partial charge in [-0.15, -0.1) is 0 Å². The average Bonchev–Trinajstić information content (AvgIpc) is 0.811. The van der Waals surface area contributed by atoms with Gasteiger partial charge in [-0.05, 0) is 0 Å². The van der Waals surface area contributed by atoms with Crippen molar-refractivity contribution >= 4 is 6.04 Å². The molecule has 0 rings (SSSR count). The molecule has 1 nitrogen and oxygen atoms in total. The molecule has 0 N–H and O–H groups in total. The quantitative estimate of drug-likeness (QED) is 0.373. The minimum atomic E-state index is -1.33. The SMILES string of the molecule is CC(=O)[18F]. The minimum Gasteiger partial charge on any atom is -0.262 e. The van der Waals surface area contributed by atoms with Crippen LogP contribution in [0.4, 0.5) is 4.39 Å². The Labute approximate surface area is 23.4 Å². The van der Waals surface area contributed by atoms with Crippen LogP contribution in [0.1, 0.15) is 6.92 Å². The summed E-state index contributed by atoms with van der Waals surface area (Å²) in [6.07, 6.45) is 0. The van der Waals surface area contributed by atoms with E-state index < -0.39 is 6.04 Å². The fourth-order valence-corrected chi connectivity index (χ4v) is 0. The summed E-state index contributed by atoms with van der Waals surface area (Å²) in [5.41, 5.74) is 0.